The highest BCUT2D eigenvalue weighted by molar-refractivity contribution is 7.89. The van der Waals surface area contributed by atoms with Crippen LogP contribution in [-0.2, 0) is 14.8 Å². The first kappa shape index (κ1) is 14.1. The van der Waals surface area contributed by atoms with E-state index < -0.39 is 16.0 Å². The number of primary sulfonamides is 1. The van der Waals surface area contributed by atoms with Crippen molar-refractivity contribution >= 4 is 16.0 Å². The van der Waals surface area contributed by atoms with Crippen molar-refractivity contribution in [2.24, 2.45) is 5.14 Å². The van der Waals surface area contributed by atoms with Crippen LogP contribution in [0.3, 0.4) is 0 Å². The zero-order chi connectivity index (χ0) is 14.2. The van der Waals surface area contributed by atoms with Crippen molar-refractivity contribution in [2.75, 3.05) is 0 Å². The number of rotatable bonds is 4. The van der Waals surface area contributed by atoms with Gasteiger partial charge in [0.05, 0.1) is 0 Å². The maximum Gasteiger partial charge on any atom is 0.355 e. The first-order chi connectivity index (χ1) is 8.79. The molecule has 106 valence electrons. The molecule has 1 aliphatic rings. The molecule has 1 fully saturated rings. The number of hydrogen-bond acceptors (Lipinski definition) is 4. The minimum absolute atomic E-state index is 0.0408. The van der Waals surface area contributed by atoms with Crippen molar-refractivity contribution in [2.45, 2.75) is 50.2 Å². The number of hydrogen-bond donors (Lipinski definition) is 1. The maximum absolute atomic E-state index is 12.0. The fraction of sp³-hybridized carbons (Fsp3) is 0.583. The predicted octanol–water partition coefficient (Wildman–Crippen LogP) is 1.43. The Morgan fingerprint density at radius 3 is 2.53 bits per heavy atom. The molecule has 0 amide bonds. The first-order valence-corrected chi connectivity index (χ1v) is 7.79. The summed E-state index contributed by atoms with van der Waals surface area (Å²) >= 11 is 0. The van der Waals surface area contributed by atoms with E-state index in [1.807, 2.05) is 13.8 Å². The number of esters is 1. The molecule has 1 aromatic heterocycles. The monoisotopic (exact) mass is 286 g/mol. The van der Waals surface area contributed by atoms with Gasteiger partial charge in [-0.1, -0.05) is 0 Å². The maximum atomic E-state index is 12.0. The number of carbonyl (C=O) groups is 1. The number of nitrogens with two attached hydrogens (primary N) is 1. The summed E-state index contributed by atoms with van der Waals surface area (Å²) in [7, 11) is -3.82. The van der Waals surface area contributed by atoms with Gasteiger partial charge in [0, 0.05) is 12.2 Å². The molecule has 1 saturated carbocycles. The molecule has 1 heterocycles. The van der Waals surface area contributed by atoms with Crippen molar-refractivity contribution in [1.29, 1.82) is 0 Å². The van der Waals surface area contributed by atoms with Crippen LogP contribution in [0, 0.1) is 0 Å². The Labute approximate surface area is 112 Å². The molecule has 0 spiro atoms. The van der Waals surface area contributed by atoms with Crippen LogP contribution in [0.15, 0.2) is 17.2 Å². The molecular formula is C12H18N2O4S. The highest BCUT2D eigenvalue weighted by atomic mass is 32.2. The van der Waals surface area contributed by atoms with E-state index in [9.17, 15) is 13.2 Å². The first-order valence-electron chi connectivity index (χ1n) is 6.24. The molecular weight excluding hydrogens is 268 g/mol. The zero-order valence-electron chi connectivity index (χ0n) is 11.0. The number of nitrogens with zero attached hydrogens (tertiary/aromatic N) is 1. The van der Waals surface area contributed by atoms with E-state index in [1.165, 1.54) is 12.3 Å². The minimum Gasteiger partial charge on any atom is -0.458 e. The van der Waals surface area contributed by atoms with Crippen LogP contribution >= 0.6 is 0 Å². The van der Waals surface area contributed by atoms with E-state index in [-0.39, 0.29) is 22.7 Å². The highest BCUT2D eigenvalue weighted by Crippen LogP contribution is 2.25. The third-order valence-electron chi connectivity index (χ3n) is 3.24. The summed E-state index contributed by atoms with van der Waals surface area (Å²) in [5.41, 5.74) is 0.228. The molecule has 0 radical (unpaired) electrons. The van der Waals surface area contributed by atoms with Crippen molar-refractivity contribution in [3.63, 3.8) is 0 Å². The SMILES string of the molecule is CC(C)n1cc(S(N)(=O)=O)cc1C(=O)OC1CCC1. The number of ether oxygens (including phenoxy) is 1. The van der Waals surface area contributed by atoms with E-state index >= 15 is 0 Å². The molecule has 6 nitrogen and oxygen atoms in total. The van der Waals surface area contributed by atoms with Gasteiger partial charge in [-0.3, -0.25) is 0 Å². The highest BCUT2D eigenvalue weighted by Gasteiger charge is 2.26. The number of carbonyl (C=O) groups excluding carboxylic acids is 1. The van der Waals surface area contributed by atoms with Gasteiger partial charge in [-0.05, 0) is 39.2 Å². The van der Waals surface area contributed by atoms with Gasteiger partial charge in [0.15, 0.2) is 0 Å². The van der Waals surface area contributed by atoms with Gasteiger partial charge in [0.25, 0.3) is 0 Å². The summed E-state index contributed by atoms with van der Waals surface area (Å²) in [4.78, 5) is 12.0. The standard InChI is InChI=1S/C12H18N2O4S/c1-8(2)14-7-10(19(13,16)17)6-11(14)12(15)18-9-4-3-5-9/h6-9H,3-5H2,1-2H3,(H2,13,16,17). The largest absolute Gasteiger partial charge is 0.458 e. The van der Waals surface area contributed by atoms with Gasteiger partial charge >= 0.3 is 5.97 Å². The summed E-state index contributed by atoms with van der Waals surface area (Å²) in [6.07, 6.45) is 4.14. The third kappa shape index (κ3) is 2.98. The molecule has 0 atom stereocenters. The van der Waals surface area contributed by atoms with Gasteiger partial charge < -0.3 is 9.30 Å². The summed E-state index contributed by atoms with van der Waals surface area (Å²) in [6.45, 7) is 3.71. The minimum atomic E-state index is -3.82. The molecule has 0 aliphatic heterocycles. The number of aromatic nitrogens is 1. The Bertz CT molecular complexity index is 585. The lowest BCUT2D eigenvalue weighted by Gasteiger charge is -2.25. The Hall–Kier alpha value is -1.34. The Morgan fingerprint density at radius 2 is 2.11 bits per heavy atom. The van der Waals surface area contributed by atoms with Gasteiger partial charge in [-0.25, -0.2) is 18.4 Å². The van der Waals surface area contributed by atoms with Crippen LogP contribution in [0.5, 0.6) is 0 Å². The fourth-order valence-electron chi connectivity index (χ4n) is 1.90. The van der Waals surface area contributed by atoms with E-state index in [0.717, 1.165) is 19.3 Å². The fourth-order valence-corrected chi connectivity index (χ4v) is 2.44. The van der Waals surface area contributed by atoms with Crippen LogP contribution in [0.4, 0.5) is 0 Å². The molecule has 0 unspecified atom stereocenters. The molecule has 7 heteroatoms. The van der Waals surface area contributed by atoms with E-state index in [2.05, 4.69) is 0 Å². The summed E-state index contributed by atoms with van der Waals surface area (Å²) in [6, 6.07) is 1.22. The Balaban J connectivity index is 2.31. The van der Waals surface area contributed by atoms with Crippen LogP contribution < -0.4 is 5.14 Å². The van der Waals surface area contributed by atoms with Gasteiger partial charge in [-0.2, -0.15) is 0 Å². The van der Waals surface area contributed by atoms with Crippen LogP contribution in [0.25, 0.3) is 0 Å². The summed E-state index contributed by atoms with van der Waals surface area (Å²) in [5, 5.41) is 5.08. The van der Waals surface area contributed by atoms with Crippen LogP contribution in [0.2, 0.25) is 0 Å². The summed E-state index contributed by atoms with van der Waals surface area (Å²) in [5.74, 6) is -0.492. The zero-order valence-corrected chi connectivity index (χ0v) is 11.8. The van der Waals surface area contributed by atoms with Crippen molar-refractivity contribution in [3.8, 4) is 0 Å². The van der Waals surface area contributed by atoms with Crippen LogP contribution in [-0.4, -0.2) is 25.1 Å². The predicted molar refractivity (Wildman–Crippen MR) is 69.2 cm³/mol. The van der Waals surface area contributed by atoms with Gasteiger partial charge in [0.1, 0.15) is 16.7 Å². The van der Waals surface area contributed by atoms with E-state index in [1.54, 1.807) is 4.57 Å². The normalized spacial score (nSPS) is 16.4. The molecule has 0 aromatic carbocycles. The molecule has 1 aromatic rings. The smallest absolute Gasteiger partial charge is 0.355 e. The van der Waals surface area contributed by atoms with Gasteiger partial charge in [-0.15, -0.1) is 0 Å². The number of sulfonamides is 1. The molecule has 2 rings (SSSR count). The van der Waals surface area contributed by atoms with Crippen LogP contribution in [0.1, 0.15) is 49.6 Å². The average Bonchev–Trinajstić information content (AvgIpc) is 2.67. The quantitative estimate of drug-likeness (QED) is 0.847. The second-order valence-electron chi connectivity index (χ2n) is 5.07. The van der Waals surface area contributed by atoms with Crippen molar-refractivity contribution in [3.05, 3.63) is 18.0 Å². The Kier molecular flexibility index (Phi) is 3.69. The third-order valence-corrected chi connectivity index (χ3v) is 4.12. The van der Waals surface area contributed by atoms with Gasteiger partial charge in [0.2, 0.25) is 10.0 Å². The molecule has 0 bridgehead atoms. The lowest BCUT2D eigenvalue weighted by molar-refractivity contribution is 0.00773. The molecule has 2 N–H and O–H groups in total. The second kappa shape index (κ2) is 4.97. The summed E-state index contributed by atoms with van der Waals surface area (Å²) < 4.78 is 29.6. The molecule has 1 aliphatic carbocycles. The lowest BCUT2D eigenvalue weighted by Crippen LogP contribution is -2.26. The Morgan fingerprint density at radius 1 is 1.47 bits per heavy atom. The molecule has 0 saturated heterocycles. The lowest BCUT2D eigenvalue weighted by atomic mass is 9.96. The van der Waals surface area contributed by atoms with E-state index in [4.69, 9.17) is 9.88 Å². The molecule has 19 heavy (non-hydrogen) atoms. The van der Waals surface area contributed by atoms with E-state index in [0.29, 0.717) is 0 Å². The average molecular weight is 286 g/mol. The van der Waals surface area contributed by atoms with Crippen molar-refractivity contribution in [1.82, 2.24) is 4.57 Å². The topological polar surface area (TPSA) is 91.4 Å². The van der Waals surface area contributed by atoms with Crippen molar-refractivity contribution < 1.29 is 17.9 Å². The second-order valence-corrected chi connectivity index (χ2v) is 6.63.